The van der Waals surface area contributed by atoms with E-state index >= 15 is 0 Å². The van der Waals surface area contributed by atoms with Gasteiger partial charge in [-0.25, -0.2) is 4.98 Å². The first kappa shape index (κ1) is 15.6. The van der Waals surface area contributed by atoms with Crippen molar-refractivity contribution < 1.29 is 4.74 Å². The molecule has 1 heterocycles. The molecule has 18 heavy (non-hydrogen) atoms. The van der Waals surface area contributed by atoms with Gasteiger partial charge in [0, 0.05) is 24.6 Å². The number of thiazole rings is 1. The van der Waals surface area contributed by atoms with Crippen LogP contribution in [0, 0.1) is 5.41 Å². The second-order valence-electron chi connectivity index (χ2n) is 6.76. The van der Waals surface area contributed by atoms with E-state index in [2.05, 4.69) is 57.2 Å². The average molecular weight is 270 g/mol. The second kappa shape index (κ2) is 5.68. The van der Waals surface area contributed by atoms with Gasteiger partial charge in [-0.05, 0) is 26.2 Å². The summed E-state index contributed by atoms with van der Waals surface area (Å²) >= 11 is 1.68. The first-order valence-electron chi connectivity index (χ1n) is 6.35. The van der Waals surface area contributed by atoms with Crippen LogP contribution in [0.25, 0.3) is 0 Å². The zero-order valence-corrected chi connectivity index (χ0v) is 13.4. The minimum atomic E-state index is 0.0610. The Balaban J connectivity index is 2.73. The highest BCUT2D eigenvalue weighted by atomic mass is 32.1. The predicted molar refractivity (Wildman–Crippen MR) is 77.9 cm³/mol. The first-order chi connectivity index (χ1) is 8.13. The molecule has 0 saturated heterocycles. The standard InChI is InChI=1S/C14H26N2OS/c1-13(2,3)11(17-7)12-16-10(9-18-12)8-15-14(4,5)6/h9,11,15H,8H2,1-7H3. The van der Waals surface area contributed by atoms with Crippen LogP contribution >= 0.6 is 11.3 Å². The van der Waals surface area contributed by atoms with E-state index in [1.807, 2.05) is 0 Å². The minimum Gasteiger partial charge on any atom is -0.374 e. The topological polar surface area (TPSA) is 34.1 Å². The molecule has 3 nitrogen and oxygen atoms in total. The van der Waals surface area contributed by atoms with E-state index in [0.717, 1.165) is 17.2 Å². The molecule has 104 valence electrons. The molecule has 1 N–H and O–H groups in total. The van der Waals surface area contributed by atoms with Gasteiger partial charge < -0.3 is 10.1 Å². The Labute approximate surface area is 115 Å². The van der Waals surface area contributed by atoms with Gasteiger partial charge in [0.05, 0.1) is 5.69 Å². The molecule has 0 aliphatic carbocycles. The number of hydrogen-bond donors (Lipinski definition) is 1. The molecule has 1 aromatic rings. The SMILES string of the molecule is COC(c1nc(CNC(C)(C)C)cs1)C(C)(C)C. The van der Waals surface area contributed by atoms with Crippen molar-refractivity contribution in [1.82, 2.24) is 10.3 Å². The maximum Gasteiger partial charge on any atom is 0.122 e. The third-order valence-corrected chi connectivity index (χ3v) is 3.55. The number of rotatable bonds is 4. The highest BCUT2D eigenvalue weighted by Gasteiger charge is 2.28. The first-order valence-corrected chi connectivity index (χ1v) is 7.23. The van der Waals surface area contributed by atoms with E-state index in [0.29, 0.717) is 0 Å². The molecule has 4 heteroatoms. The summed E-state index contributed by atoms with van der Waals surface area (Å²) in [5.41, 5.74) is 1.28. The highest BCUT2D eigenvalue weighted by Crippen LogP contribution is 2.36. The normalized spacial score (nSPS) is 14.8. The Morgan fingerprint density at radius 3 is 2.33 bits per heavy atom. The maximum atomic E-state index is 5.59. The molecule has 0 saturated carbocycles. The van der Waals surface area contributed by atoms with Crippen LogP contribution in [0.2, 0.25) is 0 Å². The largest absolute Gasteiger partial charge is 0.374 e. The van der Waals surface area contributed by atoms with Crippen LogP contribution in [0.5, 0.6) is 0 Å². The van der Waals surface area contributed by atoms with Gasteiger partial charge in [0.1, 0.15) is 11.1 Å². The van der Waals surface area contributed by atoms with Crippen molar-refractivity contribution in [2.24, 2.45) is 5.41 Å². The minimum absolute atomic E-state index is 0.0610. The Bertz CT molecular complexity index is 374. The van der Waals surface area contributed by atoms with Crippen LogP contribution < -0.4 is 5.32 Å². The summed E-state index contributed by atoms with van der Waals surface area (Å²) in [5.74, 6) is 0. The van der Waals surface area contributed by atoms with Gasteiger partial charge in [0.25, 0.3) is 0 Å². The van der Waals surface area contributed by atoms with E-state index in [4.69, 9.17) is 4.74 Å². The van der Waals surface area contributed by atoms with E-state index in [1.165, 1.54) is 0 Å². The lowest BCUT2D eigenvalue weighted by atomic mass is 9.89. The summed E-state index contributed by atoms with van der Waals surface area (Å²) in [4.78, 5) is 4.68. The molecule has 0 spiro atoms. The molecule has 1 aromatic heterocycles. The lowest BCUT2D eigenvalue weighted by Gasteiger charge is -2.27. The van der Waals surface area contributed by atoms with Crippen molar-refractivity contribution in [3.63, 3.8) is 0 Å². The van der Waals surface area contributed by atoms with Crippen LogP contribution in [-0.4, -0.2) is 17.6 Å². The lowest BCUT2D eigenvalue weighted by Crippen LogP contribution is -2.35. The van der Waals surface area contributed by atoms with E-state index in [1.54, 1.807) is 18.4 Å². The number of hydrogen-bond acceptors (Lipinski definition) is 4. The van der Waals surface area contributed by atoms with Gasteiger partial charge in [0.2, 0.25) is 0 Å². The van der Waals surface area contributed by atoms with Gasteiger partial charge >= 0.3 is 0 Å². The fourth-order valence-corrected chi connectivity index (χ4v) is 2.84. The van der Waals surface area contributed by atoms with E-state index < -0.39 is 0 Å². The van der Waals surface area contributed by atoms with Gasteiger partial charge in [0.15, 0.2) is 0 Å². The van der Waals surface area contributed by atoms with E-state index in [9.17, 15) is 0 Å². The summed E-state index contributed by atoms with van der Waals surface area (Å²) in [6.45, 7) is 13.8. The average Bonchev–Trinajstić information content (AvgIpc) is 2.61. The molecule has 1 rings (SSSR count). The van der Waals surface area contributed by atoms with Crippen LogP contribution in [-0.2, 0) is 11.3 Å². The number of methoxy groups -OCH3 is 1. The second-order valence-corrected chi connectivity index (χ2v) is 7.65. The highest BCUT2D eigenvalue weighted by molar-refractivity contribution is 7.09. The molecule has 0 aromatic carbocycles. The number of nitrogens with zero attached hydrogens (tertiary/aromatic N) is 1. The number of nitrogens with one attached hydrogen (secondary N) is 1. The summed E-state index contributed by atoms with van der Waals surface area (Å²) in [7, 11) is 1.75. The number of ether oxygens (including phenoxy) is 1. The quantitative estimate of drug-likeness (QED) is 0.904. The lowest BCUT2D eigenvalue weighted by molar-refractivity contribution is 0.0149. The summed E-state index contributed by atoms with van der Waals surface area (Å²) in [6.07, 6.45) is 0.0610. The summed E-state index contributed by atoms with van der Waals surface area (Å²) in [5, 5.41) is 6.63. The molecule has 1 atom stereocenters. The van der Waals surface area contributed by atoms with Crippen LogP contribution in [0.3, 0.4) is 0 Å². The fourth-order valence-electron chi connectivity index (χ4n) is 1.70. The van der Waals surface area contributed by atoms with Crippen molar-refractivity contribution >= 4 is 11.3 Å². The molecule has 0 amide bonds. The van der Waals surface area contributed by atoms with Crippen molar-refractivity contribution in [3.05, 3.63) is 16.1 Å². The molecule has 0 fully saturated rings. The van der Waals surface area contributed by atoms with Gasteiger partial charge in [-0.3, -0.25) is 0 Å². The molecular weight excluding hydrogens is 244 g/mol. The van der Waals surface area contributed by atoms with E-state index in [-0.39, 0.29) is 17.1 Å². The third-order valence-electron chi connectivity index (χ3n) is 2.62. The molecule has 0 aliphatic rings. The van der Waals surface area contributed by atoms with Crippen LogP contribution in [0.4, 0.5) is 0 Å². The zero-order chi connectivity index (χ0) is 14.0. The maximum absolute atomic E-state index is 5.59. The van der Waals surface area contributed by atoms with Crippen molar-refractivity contribution in [2.75, 3.05) is 7.11 Å². The van der Waals surface area contributed by atoms with Gasteiger partial charge in [-0.15, -0.1) is 11.3 Å². The van der Waals surface area contributed by atoms with Crippen LogP contribution in [0.15, 0.2) is 5.38 Å². The molecule has 0 bridgehead atoms. The molecule has 1 unspecified atom stereocenters. The summed E-state index contributed by atoms with van der Waals surface area (Å²) < 4.78 is 5.59. The predicted octanol–water partition coefficient (Wildman–Crippen LogP) is 3.76. The van der Waals surface area contributed by atoms with Crippen molar-refractivity contribution in [2.45, 2.75) is 59.7 Å². The number of aromatic nitrogens is 1. The van der Waals surface area contributed by atoms with Crippen molar-refractivity contribution in [3.8, 4) is 0 Å². The fraction of sp³-hybridized carbons (Fsp3) is 0.786. The van der Waals surface area contributed by atoms with Gasteiger partial charge in [-0.1, -0.05) is 20.8 Å². The Hall–Kier alpha value is -0.450. The smallest absolute Gasteiger partial charge is 0.122 e. The third kappa shape index (κ3) is 4.67. The molecular formula is C14H26N2OS. The molecule has 0 aliphatic heterocycles. The molecule has 0 radical (unpaired) electrons. The Kier molecular flexibility index (Phi) is 4.92. The van der Waals surface area contributed by atoms with Gasteiger partial charge in [-0.2, -0.15) is 0 Å². The summed E-state index contributed by atoms with van der Waals surface area (Å²) in [6, 6.07) is 0. The Morgan fingerprint density at radius 1 is 1.28 bits per heavy atom. The van der Waals surface area contributed by atoms with Crippen LogP contribution in [0.1, 0.15) is 58.3 Å². The van der Waals surface area contributed by atoms with Crippen molar-refractivity contribution in [1.29, 1.82) is 0 Å². The monoisotopic (exact) mass is 270 g/mol. The Morgan fingerprint density at radius 2 is 1.89 bits per heavy atom. The zero-order valence-electron chi connectivity index (χ0n) is 12.6.